The maximum absolute atomic E-state index is 12.8. The Labute approximate surface area is 234 Å². The third kappa shape index (κ3) is 7.51. The second-order valence-corrected chi connectivity index (χ2v) is 9.58. The van der Waals surface area contributed by atoms with Gasteiger partial charge >= 0.3 is 0 Å². The number of ether oxygens (including phenoxy) is 1. The average molecular weight is 544 g/mol. The van der Waals surface area contributed by atoms with E-state index in [0.29, 0.717) is 31.4 Å². The van der Waals surface area contributed by atoms with Crippen LogP contribution in [-0.4, -0.2) is 46.1 Å². The lowest BCUT2D eigenvalue weighted by Gasteiger charge is -2.15. The quantitative estimate of drug-likeness (QED) is 0.165. The smallest absolute Gasteiger partial charge is 0.254 e. The molecule has 0 aliphatic rings. The van der Waals surface area contributed by atoms with Crippen molar-refractivity contribution in [2.75, 3.05) is 12.4 Å². The van der Waals surface area contributed by atoms with E-state index in [1.807, 2.05) is 75.7 Å². The fourth-order valence-electron chi connectivity index (χ4n) is 4.07. The molecule has 10 nitrogen and oxygen atoms in total. The number of aliphatic imine (C=N–C) groups is 1. The molecule has 0 unspecified atom stereocenters. The van der Waals surface area contributed by atoms with Crippen LogP contribution in [0.1, 0.15) is 41.8 Å². The number of anilines is 1. The molecule has 2 amide bonds. The Morgan fingerprint density at radius 3 is 2.60 bits per heavy atom. The average Bonchev–Trinajstić information content (AvgIpc) is 3.33. The Balaban J connectivity index is 0.000000810. The number of nitrogens with two attached hydrogens (primary N) is 1. The maximum atomic E-state index is 12.8. The van der Waals surface area contributed by atoms with E-state index in [9.17, 15) is 9.59 Å². The zero-order valence-electron chi connectivity index (χ0n) is 23.9. The number of carbonyl (C=O) groups is 2. The number of pyridine rings is 2. The monoisotopic (exact) mass is 543 g/mol. The van der Waals surface area contributed by atoms with Crippen LogP contribution in [0.2, 0.25) is 0 Å². The number of hydrogen-bond acceptors (Lipinski definition) is 7. The summed E-state index contributed by atoms with van der Waals surface area (Å²) in [5.74, 6) is 0.184. The SMILES string of the molecule is COC(C)C.Cc1ccc2nc(CN=C/C(=C\N)C(=O)NCc3c(C)cc4c(NC=O)nccc4c3C)cn2c1. The van der Waals surface area contributed by atoms with E-state index >= 15 is 0 Å². The second-order valence-electron chi connectivity index (χ2n) is 9.58. The first kappa shape index (κ1) is 30.0. The summed E-state index contributed by atoms with van der Waals surface area (Å²) >= 11 is 0. The number of carbonyl (C=O) groups excluding carboxylic acids is 2. The largest absolute Gasteiger partial charge is 0.404 e. The molecule has 10 heteroatoms. The zero-order chi connectivity index (χ0) is 29.2. The second kappa shape index (κ2) is 14.0. The molecule has 0 atom stereocenters. The molecule has 0 aliphatic heterocycles. The number of benzene rings is 1. The number of nitrogens with zero attached hydrogens (tertiary/aromatic N) is 4. The minimum Gasteiger partial charge on any atom is -0.404 e. The minimum absolute atomic E-state index is 0.266. The van der Waals surface area contributed by atoms with E-state index in [4.69, 9.17) is 10.5 Å². The first-order chi connectivity index (χ1) is 19.2. The molecular formula is C30H37N7O3. The fraction of sp³-hybridized carbons (Fsp3) is 0.300. The Kier molecular flexibility index (Phi) is 10.5. The van der Waals surface area contributed by atoms with Crippen LogP contribution in [-0.2, 0) is 27.4 Å². The number of aromatic nitrogens is 3. The standard InChI is InChI=1S/C26H27N7O2.C4H10O/c1-16-4-5-24-32-20(14-33(24)13-16)11-28-10-19(9-27)26(35)30-12-23-17(2)8-22-21(18(23)3)6-7-29-25(22)31-15-34;1-4(2)5-3/h4-10,13-15H,11-12,27H2,1-3H3,(H,30,35)(H,29,31,34);4H,1-3H3/b19-9+,28-10?;. The number of methoxy groups -OCH3 is 1. The number of aryl methyl sites for hydroxylation is 3. The maximum Gasteiger partial charge on any atom is 0.254 e. The Morgan fingerprint density at radius 2 is 1.93 bits per heavy atom. The van der Waals surface area contributed by atoms with Crippen molar-refractivity contribution < 1.29 is 14.3 Å². The van der Waals surface area contributed by atoms with Crippen molar-refractivity contribution in [2.24, 2.45) is 10.7 Å². The molecule has 0 saturated carbocycles. The highest BCUT2D eigenvalue weighted by Gasteiger charge is 2.13. The molecule has 0 saturated heterocycles. The Hall–Kier alpha value is -4.57. The summed E-state index contributed by atoms with van der Waals surface area (Å²) in [6.07, 6.45) is 9.27. The van der Waals surface area contributed by atoms with Gasteiger partial charge in [0.25, 0.3) is 5.91 Å². The summed E-state index contributed by atoms with van der Waals surface area (Å²) in [7, 11) is 1.70. The van der Waals surface area contributed by atoms with Crippen molar-refractivity contribution in [2.45, 2.75) is 53.8 Å². The molecule has 3 aromatic heterocycles. The van der Waals surface area contributed by atoms with Crippen molar-refractivity contribution in [1.29, 1.82) is 0 Å². The van der Waals surface area contributed by atoms with Crippen LogP contribution in [0.3, 0.4) is 0 Å². The van der Waals surface area contributed by atoms with Gasteiger partial charge in [-0.25, -0.2) is 9.97 Å². The van der Waals surface area contributed by atoms with Crippen molar-refractivity contribution in [3.05, 3.63) is 82.6 Å². The van der Waals surface area contributed by atoms with Gasteiger partial charge in [0.2, 0.25) is 6.41 Å². The van der Waals surface area contributed by atoms with Gasteiger partial charge in [-0.3, -0.25) is 14.6 Å². The topological polar surface area (TPSA) is 136 Å². The van der Waals surface area contributed by atoms with Gasteiger partial charge in [-0.1, -0.05) is 6.07 Å². The number of hydrogen-bond donors (Lipinski definition) is 3. The molecule has 0 fully saturated rings. The highest BCUT2D eigenvalue weighted by atomic mass is 16.5. The van der Waals surface area contributed by atoms with Crippen molar-refractivity contribution in [3.8, 4) is 0 Å². The van der Waals surface area contributed by atoms with Crippen molar-refractivity contribution in [3.63, 3.8) is 0 Å². The Bertz CT molecular complexity index is 1550. The van der Waals surface area contributed by atoms with E-state index in [0.717, 1.165) is 44.4 Å². The van der Waals surface area contributed by atoms with Crippen LogP contribution in [0.4, 0.5) is 5.82 Å². The van der Waals surface area contributed by atoms with Gasteiger partial charge in [0.05, 0.1) is 23.9 Å². The lowest BCUT2D eigenvalue weighted by molar-refractivity contribution is -0.117. The van der Waals surface area contributed by atoms with Crippen molar-refractivity contribution in [1.82, 2.24) is 19.7 Å². The van der Waals surface area contributed by atoms with Crippen LogP contribution >= 0.6 is 0 Å². The lowest BCUT2D eigenvalue weighted by Crippen LogP contribution is -2.26. The van der Waals surface area contributed by atoms with Gasteiger partial charge < -0.3 is 25.5 Å². The molecule has 4 N–H and O–H groups in total. The summed E-state index contributed by atoms with van der Waals surface area (Å²) in [6, 6.07) is 7.81. The van der Waals surface area contributed by atoms with Gasteiger partial charge in [-0.2, -0.15) is 0 Å². The molecule has 1 aromatic carbocycles. The first-order valence-corrected chi connectivity index (χ1v) is 12.9. The summed E-state index contributed by atoms with van der Waals surface area (Å²) in [5, 5.41) is 7.37. The predicted molar refractivity (Wildman–Crippen MR) is 159 cm³/mol. The van der Waals surface area contributed by atoms with Crippen LogP contribution in [0.15, 0.2) is 59.6 Å². The fourth-order valence-corrected chi connectivity index (χ4v) is 4.07. The lowest BCUT2D eigenvalue weighted by atomic mass is 9.96. The first-order valence-electron chi connectivity index (χ1n) is 12.9. The minimum atomic E-state index is -0.321. The van der Waals surface area contributed by atoms with Gasteiger partial charge in [0, 0.05) is 50.0 Å². The van der Waals surface area contributed by atoms with Crippen LogP contribution in [0.5, 0.6) is 0 Å². The van der Waals surface area contributed by atoms with E-state index in [2.05, 4.69) is 25.6 Å². The van der Waals surface area contributed by atoms with E-state index in [1.54, 1.807) is 13.3 Å². The van der Waals surface area contributed by atoms with Crippen LogP contribution in [0.25, 0.3) is 16.4 Å². The summed E-state index contributed by atoms with van der Waals surface area (Å²) in [5.41, 5.74) is 11.7. The molecule has 0 bridgehead atoms. The van der Waals surface area contributed by atoms with E-state index in [-0.39, 0.29) is 11.5 Å². The third-order valence-corrected chi connectivity index (χ3v) is 6.35. The molecule has 0 spiro atoms. The number of rotatable bonds is 9. The molecule has 210 valence electrons. The Morgan fingerprint density at radius 1 is 1.18 bits per heavy atom. The summed E-state index contributed by atoms with van der Waals surface area (Å²) in [4.78, 5) is 36.8. The van der Waals surface area contributed by atoms with Crippen molar-refractivity contribution >= 4 is 40.8 Å². The number of nitrogens with one attached hydrogen (secondary N) is 2. The van der Waals surface area contributed by atoms with Gasteiger partial charge in [-0.05, 0) is 80.5 Å². The summed E-state index contributed by atoms with van der Waals surface area (Å²) in [6.45, 7) is 10.6. The molecule has 3 heterocycles. The molecule has 4 aromatic rings. The third-order valence-electron chi connectivity index (χ3n) is 6.35. The van der Waals surface area contributed by atoms with Gasteiger partial charge in [0.15, 0.2) is 0 Å². The van der Waals surface area contributed by atoms with Crippen LogP contribution < -0.4 is 16.4 Å². The zero-order valence-corrected chi connectivity index (χ0v) is 23.9. The molecular weight excluding hydrogens is 506 g/mol. The van der Waals surface area contributed by atoms with Crippen LogP contribution in [0, 0.1) is 20.8 Å². The van der Waals surface area contributed by atoms with E-state index < -0.39 is 0 Å². The predicted octanol–water partition coefficient (Wildman–Crippen LogP) is 4.15. The molecule has 4 rings (SSSR count). The van der Waals surface area contributed by atoms with Gasteiger partial charge in [0.1, 0.15) is 11.5 Å². The summed E-state index contributed by atoms with van der Waals surface area (Å²) < 4.78 is 6.70. The number of imidazole rings is 1. The highest BCUT2D eigenvalue weighted by molar-refractivity contribution is 6.12. The van der Waals surface area contributed by atoms with E-state index in [1.165, 1.54) is 12.4 Å². The highest BCUT2D eigenvalue weighted by Crippen LogP contribution is 2.29. The number of fused-ring (bicyclic) bond motifs is 2. The normalized spacial score (nSPS) is 11.6. The molecule has 0 aliphatic carbocycles. The molecule has 0 radical (unpaired) electrons. The number of amides is 2. The van der Waals surface area contributed by atoms with Gasteiger partial charge in [-0.15, -0.1) is 0 Å². The molecule has 40 heavy (non-hydrogen) atoms.